The summed E-state index contributed by atoms with van der Waals surface area (Å²) in [7, 11) is 0. The number of aryl methyl sites for hydroxylation is 1. The van der Waals surface area contributed by atoms with Gasteiger partial charge in [0, 0.05) is 24.3 Å². The number of nitrogens with zero attached hydrogens (tertiary/aromatic N) is 1. The van der Waals surface area contributed by atoms with Crippen molar-refractivity contribution in [2.45, 2.75) is 20.3 Å². The molecule has 0 aromatic heterocycles. The first-order valence-corrected chi connectivity index (χ1v) is 7.70. The summed E-state index contributed by atoms with van der Waals surface area (Å²) in [6.45, 7) is 6.80. The zero-order valence-electron chi connectivity index (χ0n) is 12.6. The maximum atomic E-state index is 10.1. The van der Waals surface area contributed by atoms with Gasteiger partial charge in [0.1, 0.15) is 5.75 Å². The number of benzene rings is 2. The third-order valence-corrected chi connectivity index (χ3v) is 5.21. The van der Waals surface area contributed by atoms with Crippen molar-refractivity contribution in [3.63, 3.8) is 0 Å². The first-order valence-electron chi connectivity index (χ1n) is 7.70. The molecule has 0 spiro atoms. The van der Waals surface area contributed by atoms with Crippen LogP contribution < -0.4 is 4.90 Å². The molecule has 2 heteroatoms. The van der Waals surface area contributed by atoms with Gasteiger partial charge in [-0.1, -0.05) is 30.7 Å². The third-order valence-electron chi connectivity index (χ3n) is 5.21. The molecule has 2 nitrogen and oxygen atoms in total. The molecule has 1 saturated heterocycles. The van der Waals surface area contributed by atoms with Gasteiger partial charge in [0.25, 0.3) is 0 Å². The molecule has 0 radical (unpaired) electrons. The normalized spacial score (nSPS) is 26.8. The highest BCUT2D eigenvalue weighted by molar-refractivity contribution is 5.74. The van der Waals surface area contributed by atoms with E-state index in [2.05, 4.69) is 49.1 Å². The van der Waals surface area contributed by atoms with E-state index in [0.717, 1.165) is 17.0 Å². The molecule has 1 aliphatic heterocycles. The van der Waals surface area contributed by atoms with E-state index in [-0.39, 0.29) is 0 Å². The van der Waals surface area contributed by atoms with Gasteiger partial charge in [0.2, 0.25) is 0 Å². The number of aromatic hydroxyl groups is 1. The first kappa shape index (κ1) is 12.8. The minimum atomic E-state index is 0.356. The van der Waals surface area contributed by atoms with E-state index in [1.54, 1.807) is 6.07 Å². The zero-order valence-corrected chi connectivity index (χ0v) is 12.6. The zero-order chi connectivity index (χ0) is 14.6. The van der Waals surface area contributed by atoms with Crippen LogP contribution in [0, 0.1) is 18.3 Å². The Balaban J connectivity index is 1.68. The van der Waals surface area contributed by atoms with Crippen LogP contribution in [0.15, 0.2) is 42.5 Å². The minimum Gasteiger partial charge on any atom is -0.507 e. The summed E-state index contributed by atoms with van der Waals surface area (Å²) in [5, 5.41) is 10.1. The van der Waals surface area contributed by atoms with Crippen LogP contribution in [-0.2, 0) is 0 Å². The third kappa shape index (κ3) is 2.10. The molecule has 2 atom stereocenters. The Hall–Kier alpha value is -1.96. The lowest BCUT2D eigenvalue weighted by Gasteiger charge is -2.22. The summed E-state index contributed by atoms with van der Waals surface area (Å²) >= 11 is 0. The van der Waals surface area contributed by atoms with Crippen molar-refractivity contribution < 1.29 is 5.11 Å². The van der Waals surface area contributed by atoms with Crippen LogP contribution in [0.3, 0.4) is 0 Å². The molecular weight excluding hydrogens is 258 g/mol. The number of phenolic OH excluding ortho intramolecular Hbond substituents is 1. The number of fused-ring (bicyclic) bond motifs is 1. The van der Waals surface area contributed by atoms with Gasteiger partial charge < -0.3 is 10.0 Å². The van der Waals surface area contributed by atoms with Gasteiger partial charge in [0.15, 0.2) is 0 Å². The smallest absolute Gasteiger partial charge is 0.123 e. The lowest BCUT2D eigenvalue weighted by Crippen LogP contribution is -2.23. The highest BCUT2D eigenvalue weighted by atomic mass is 16.3. The Morgan fingerprint density at radius 2 is 2.05 bits per heavy atom. The average Bonchev–Trinajstić information content (AvgIpc) is 2.99. The summed E-state index contributed by atoms with van der Waals surface area (Å²) in [4.78, 5) is 2.49. The van der Waals surface area contributed by atoms with Crippen LogP contribution in [-0.4, -0.2) is 18.2 Å². The van der Waals surface area contributed by atoms with Gasteiger partial charge in [-0.25, -0.2) is 0 Å². The van der Waals surface area contributed by atoms with Crippen molar-refractivity contribution >= 4 is 5.69 Å². The fourth-order valence-electron chi connectivity index (χ4n) is 3.70. The predicted molar refractivity (Wildman–Crippen MR) is 86.7 cm³/mol. The van der Waals surface area contributed by atoms with Crippen LogP contribution in [0.25, 0.3) is 11.1 Å². The minimum absolute atomic E-state index is 0.356. The predicted octanol–water partition coefficient (Wildman–Crippen LogP) is 4.21. The van der Waals surface area contributed by atoms with E-state index >= 15 is 0 Å². The van der Waals surface area contributed by atoms with Crippen molar-refractivity contribution in [3.05, 3.63) is 48.0 Å². The summed E-state index contributed by atoms with van der Waals surface area (Å²) in [6.07, 6.45) is 1.39. The molecule has 108 valence electrons. The maximum absolute atomic E-state index is 10.1. The summed E-state index contributed by atoms with van der Waals surface area (Å²) in [6, 6.07) is 14.3. The molecule has 1 aliphatic carbocycles. The molecule has 2 aromatic carbocycles. The first-order chi connectivity index (χ1) is 10.0. The highest BCUT2D eigenvalue weighted by Gasteiger charge is 2.56. The Labute approximate surface area is 126 Å². The molecule has 4 rings (SSSR count). The van der Waals surface area contributed by atoms with Gasteiger partial charge in [-0.15, -0.1) is 0 Å². The number of hydrogen-bond donors (Lipinski definition) is 1. The van der Waals surface area contributed by atoms with E-state index in [4.69, 9.17) is 0 Å². The largest absolute Gasteiger partial charge is 0.507 e. The fourth-order valence-corrected chi connectivity index (χ4v) is 3.70. The van der Waals surface area contributed by atoms with Crippen molar-refractivity contribution in [3.8, 4) is 16.9 Å². The van der Waals surface area contributed by atoms with E-state index in [1.165, 1.54) is 30.8 Å². The summed E-state index contributed by atoms with van der Waals surface area (Å²) in [5.41, 5.74) is 5.03. The second-order valence-electron chi connectivity index (χ2n) is 7.01. The molecule has 2 unspecified atom stereocenters. The average molecular weight is 279 g/mol. The monoisotopic (exact) mass is 279 g/mol. The van der Waals surface area contributed by atoms with Crippen LogP contribution in [0.4, 0.5) is 5.69 Å². The molecule has 2 aliphatic rings. The van der Waals surface area contributed by atoms with Crippen LogP contribution in [0.5, 0.6) is 5.75 Å². The van der Waals surface area contributed by atoms with Gasteiger partial charge in [-0.05, 0) is 54.5 Å². The molecule has 0 bridgehead atoms. The van der Waals surface area contributed by atoms with Crippen LogP contribution in [0.1, 0.15) is 18.9 Å². The fraction of sp³-hybridized carbons (Fsp3) is 0.368. The second kappa shape index (κ2) is 4.27. The molecule has 2 aromatic rings. The maximum Gasteiger partial charge on any atom is 0.123 e. The molecular formula is C19H21NO. The topological polar surface area (TPSA) is 23.5 Å². The summed E-state index contributed by atoms with van der Waals surface area (Å²) in [5.74, 6) is 1.24. The molecule has 1 N–H and O–H groups in total. The van der Waals surface area contributed by atoms with Crippen molar-refractivity contribution in [1.29, 1.82) is 0 Å². The Morgan fingerprint density at radius 1 is 1.19 bits per heavy atom. The van der Waals surface area contributed by atoms with Gasteiger partial charge >= 0.3 is 0 Å². The van der Waals surface area contributed by atoms with E-state index < -0.39 is 0 Å². The van der Waals surface area contributed by atoms with Crippen molar-refractivity contribution in [2.24, 2.45) is 11.3 Å². The SMILES string of the molecule is Cc1ccc(O)c(-c2cccc(N3CC4CC4(C)C3)c2)c1. The Kier molecular flexibility index (Phi) is 2.59. The second-order valence-corrected chi connectivity index (χ2v) is 7.01. The van der Waals surface area contributed by atoms with Crippen molar-refractivity contribution in [2.75, 3.05) is 18.0 Å². The number of rotatable bonds is 2. The molecule has 0 amide bonds. The molecule has 1 saturated carbocycles. The molecule has 1 heterocycles. The van der Waals surface area contributed by atoms with E-state index in [0.29, 0.717) is 11.2 Å². The number of piperidine rings is 1. The number of hydrogen-bond acceptors (Lipinski definition) is 2. The quantitative estimate of drug-likeness (QED) is 0.890. The number of anilines is 1. The van der Waals surface area contributed by atoms with Gasteiger partial charge in [0.05, 0.1) is 0 Å². The van der Waals surface area contributed by atoms with E-state index in [1.807, 2.05) is 6.07 Å². The summed E-state index contributed by atoms with van der Waals surface area (Å²) < 4.78 is 0. The number of phenols is 1. The van der Waals surface area contributed by atoms with Crippen molar-refractivity contribution in [1.82, 2.24) is 0 Å². The standard InChI is InChI=1S/C19H21NO/c1-13-6-7-18(21)17(8-13)14-4-3-5-16(9-14)20-11-15-10-19(15,2)12-20/h3-9,15,21H,10-12H2,1-2H3. The lowest BCUT2D eigenvalue weighted by atomic mass is 10.0. The lowest BCUT2D eigenvalue weighted by molar-refractivity contribution is 0.477. The highest BCUT2D eigenvalue weighted by Crippen LogP contribution is 2.57. The molecule has 2 fully saturated rings. The van der Waals surface area contributed by atoms with Gasteiger partial charge in [-0.2, -0.15) is 0 Å². The Morgan fingerprint density at radius 3 is 2.81 bits per heavy atom. The van der Waals surface area contributed by atoms with Crippen LogP contribution >= 0.6 is 0 Å². The Bertz CT molecular complexity index is 708. The van der Waals surface area contributed by atoms with Crippen LogP contribution in [0.2, 0.25) is 0 Å². The van der Waals surface area contributed by atoms with Gasteiger partial charge in [-0.3, -0.25) is 0 Å². The van der Waals surface area contributed by atoms with E-state index in [9.17, 15) is 5.11 Å². The molecule has 21 heavy (non-hydrogen) atoms.